The molecule has 1 heterocycles. The zero-order valence-corrected chi connectivity index (χ0v) is 11.5. The Kier molecular flexibility index (Phi) is 4.91. The molecule has 5 heteroatoms. The van der Waals surface area contributed by atoms with Crippen molar-refractivity contribution in [3.63, 3.8) is 0 Å². The standard InChI is InChI=1S/C15H20F3NO/c1-2-19-13(7-9-15(16,17)18)11-8-10-20-14-6-4-3-5-12(11)14/h3-6,11,13,19H,2,7-10H2,1H3. The molecule has 1 aromatic rings. The Bertz CT molecular complexity index is 433. The highest BCUT2D eigenvalue weighted by Crippen LogP contribution is 2.37. The number of fused-ring (bicyclic) bond motifs is 1. The number of para-hydroxylation sites is 1. The van der Waals surface area contributed by atoms with Crippen LogP contribution in [0.2, 0.25) is 0 Å². The van der Waals surface area contributed by atoms with Gasteiger partial charge >= 0.3 is 6.18 Å². The first-order valence-electron chi connectivity index (χ1n) is 7.03. The maximum Gasteiger partial charge on any atom is 0.389 e. The summed E-state index contributed by atoms with van der Waals surface area (Å²) in [5, 5.41) is 3.21. The molecule has 1 aromatic carbocycles. The lowest BCUT2D eigenvalue weighted by Crippen LogP contribution is -2.38. The van der Waals surface area contributed by atoms with Crippen LogP contribution < -0.4 is 10.1 Å². The van der Waals surface area contributed by atoms with Crippen molar-refractivity contribution < 1.29 is 17.9 Å². The molecule has 0 aliphatic carbocycles. The quantitative estimate of drug-likeness (QED) is 0.887. The number of nitrogens with one attached hydrogen (secondary N) is 1. The van der Waals surface area contributed by atoms with Gasteiger partial charge in [-0.25, -0.2) is 0 Å². The second kappa shape index (κ2) is 6.48. The fourth-order valence-corrected chi connectivity index (χ4v) is 2.81. The van der Waals surface area contributed by atoms with Gasteiger partial charge in [-0.15, -0.1) is 0 Å². The normalized spacial score (nSPS) is 20.1. The highest BCUT2D eigenvalue weighted by molar-refractivity contribution is 5.38. The summed E-state index contributed by atoms with van der Waals surface area (Å²) in [4.78, 5) is 0. The average molecular weight is 287 g/mol. The number of rotatable bonds is 5. The van der Waals surface area contributed by atoms with E-state index in [1.807, 2.05) is 31.2 Å². The first-order valence-corrected chi connectivity index (χ1v) is 7.03. The van der Waals surface area contributed by atoms with Gasteiger partial charge in [0.1, 0.15) is 5.75 Å². The summed E-state index contributed by atoms with van der Waals surface area (Å²) >= 11 is 0. The predicted octanol–water partition coefficient (Wildman–Crippen LogP) is 3.87. The van der Waals surface area contributed by atoms with Crippen LogP contribution in [0.25, 0.3) is 0 Å². The summed E-state index contributed by atoms with van der Waals surface area (Å²) in [6.07, 6.45) is -3.98. The number of alkyl halides is 3. The van der Waals surface area contributed by atoms with E-state index < -0.39 is 12.6 Å². The van der Waals surface area contributed by atoms with Crippen LogP contribution in [-0.4, -0.2) is 25.4 Å². The van der Waals surface area contributed by atoms with Crippen LogP contribution in [0, 0.1) is 0 Å². The van der Waals surface area contributed by atoms with Crippen molar-refractivity contribution in [2.75, 3.05) is 13.2 Å². The van der Waals surface area contributed by atoms with Crippen LogP contribution in [-0.2, 0) is 0 Å². The van der Waals surface area contributed by atoms with E-state index in [9.17, 15) is 13.2 Å². The second-order valence-electron chi connectivity index (χ2n) is 5.10. The molecule has 0 aromatic heterocycles. The summed E-state index contributed by atoms with van der Waals surface area (Å²) < 4.78 is 43.0. The lowest BCUT2D eigenvalue weighted by atomic mass is 9.84. The zero-order valence-electron chi connectivity index (χ0n) is 11.5. The van der Waals surface area contributed by atoms with Crippen LogP contribution in [0.15, 0.2) is 24.3 Å². The Labute approximate surface area is 117 Å². The van der Waals surface area contributed by atoms with Crippen molar-refractivity contribution in [2.24, 2.45) is 0 Å². The topological polar surface area (TPSA) is 21.3 Å². The molecule has 2 rings (SSSR count). The Morgan fingerprint density at radius 3 is 2.80 bits per heavy atom. The summed E-state index contributed by atoms with van der Waals surface area (Å²) in [5.74, 6) is 0.890. The maximum atomic E-state index is 12.5. The van der Waals surface area contributed by atoms with Gasteiger partial charge in [0.05, 0.1) is 6.61 Å². The molecule has 112 valence electrons. The molecule has 0 bridgehead atoms. The summed E-state index contributed by atoms with van der Waals surface area (Å²) in [6.45, 7) is 3.16. The molecular formula is C15H20F3NO. The minimum absolute atomic E-state index is 0.0854. The van der Waals surface area contributed by atoms with Crippen molar-refractivity contribution in [3.05, 3.63) is 29.8 Å². The van der Waals surface area contributed by atoms with Crippen molar-refractivity contribution in [3.8, 4) is 5.75 Å². The maximum absolute atomic E-state index is 12.5. The predicted molar refractivity (Wildman–Crippen MR) is 72.0 cm³/mol. The molecule has 1 aliphatic rings. The average Bonchev–Trinajstić information content (AvgIpc) is 2.42. The van der Waals surface area contributed by atoms with Crippen molar-refractivity contribution in [2.45, 2.75) is 44.3 Å². The van der Waals surface area contributed by atoms with Crippen molar-refractivity contribution >= 4 is 0 Å². The van der Waals surface area contributed by atoms with Crippen molar-refractivity contribution in [1.82, 2.24) is 5.32 Å². The van der Waals surface area contributed by atoms with Gasteiger partial charge in [0, 0.05) is 18.4 Å². The molecular weight excluding hydrogens is 267 g/mol. The summed E-state index contributed by atoms with van der Waals surface area (Å²) in [5.41, 5.74) is 1.02. The van der Waals surface area contributed by atoms with Gasteiger partial charge in [-0.3, -0.25) is 0 Å². The van der Waals surface area contributed by atoms with Gasteiger partial charge in [-0.1, -0.05) is 25.1 Å². The molecule has 0 saturated heterocycles. The molecule has 1 aliphatic heterocycles. The zero-order chi connectivity index (χ0) is 14.6. The number of ether oxygens (including phenoxy) is 1. The minimum Gasteiger partial charge on any atom is -0.493 e. The first kappa shape index (κ1) is 15.2. The van der Waals surface area contributed by atoms with E-state index >= 15 is 0 Å². The lowest BCUT2D eigenvalue weighted by molar-refractivity contribution is -0.137. The second-order valence-corrected chi connectivity index (χ2v) is 5.10. The number of halogens is 3. The van der Waals surface area contributed by atoms with Gasteiger partial charge in [-0.05, 0) is 31.0 Å². The lowest BCUT2D eigenvalue weighted by Gasteiger charge is -2.33. The van der Waals surface area contributed by atoms with E-state index in [0.29, 0.717) is 13.2 Å². The molecule has 0 radical (unpaired) electrons. The molecule has 2 atom stereocenters. The van der Waals surface area contributed by atoms with Crippen molar-refractivity contribution in [1.29, 1.82) is 0 Å². The molecule has 20 heavy (non-hydrogen) atoms. The third-order valence-corrected chi connectivity index (χ3v) is 3.70. The smallest absolute Gasteiger partial charge is 0.389 e. The van der Waals surface area contributed by atoms with E-state index in [1.165, 1.54) is 0 Å². The van der Waals surface area contributed by atoms with E-state index in [2.05, 4.69) is 5.32 Å². The fourth-order valence-electron chi connectivity index (χ4n) is 2.81. The van der Waals surface area contributed by atoms with E-state index in [-0.39, 0.29) is 18.4 Å². The summed E-state index contributed by atoms with van der Waals surface area (Å²) in [7, 11) is 0. The monoisotopic (exact) mass is 287 g/mol. The summed E-state index contributed by atoms with van der Waals surface area (Å²) in [6, 6.07) is 7.48. The highest BCUT2D eigenvalue weighted by atomic mass is 19.4. The molecule has 0 amide bonds. The van der Waals surface area contributed by atoms with Gasteiger partial charge in [-0.2, -0.15) is 13.2 Å². The molecule has 1 N–H and O–H groups in total. The van der Waals surface area contributed by atoms with Gasteiger partial charge in [0.25, 0.3) is 0 Å². The number of likely N-dealkylation sites (N-methyl/N-ethyl adjacent to an activating group) is 1. The third kappa shape index (κ3) is 3.88. The van der Waals surface area contributed by atoms with Crippen LogP contribution in [0.4, 0.5) is 13.2 Å². The van der Waals surface area contributed by atoms with E-state index in [1.54, 1.807) is 0 Å². The Morgan fingerprint density at radius 1 is 1.35 bits per heavy atom. The largest absolute Gasteiger partial charge is 0.493 e. The molecule has 0 saturated carbocycles. The number of hydrogen-bond donors (Lipinski definition) is 1. The molecule has 2 unspecified atom stereocenters. The number of benzene rings is 1. The van der Waals surface area contributed by atoms with Crippen LogP contribution in [0.3, 0.4) is 0 Å². The Hall–Kier alpha value is -1.23. The third-order valence-electron chi connectivity index (χ3n) is 3.70. The van der Waals surface area contributed by atoms with E-state index in [0.717, 1.165) is 17.7 Å². The molecule has 2 nitrogen and oxygen atoms in total. The fraction of sp³-hybridized carbons (Fsp3) is 0.600. The van der Waals surface area contributed by atoms with Gasteiger partial charge in [0.2, 0.25) is 0 Å². The van der Waals surface area contributed by atoms with Crippen LogP contribution >= 0.6 is 0 Å². The van der Waals surface area contributed by atoms with Gasteiger partial charge < -0.3 is 10.1 Å². The Balaban J connectivity index is 2.13. The van der Waals surface area contributed by atoms with E-state index in [4.69, 9.17) is 4.74 Å². The number of hydrogen-bond acceptors (Lipinski definition) is 2. The Morgan fingerprint density at radius 2 is 2.10 bits per heavy atom. The van der Waals surface area contributed by atoms with Crippen LogP contribution in [0.1, 0.15) is 37.7 Å². The SMILES string of the molecule is CCNC(CCC(F)(F)F)C1CCOc2ccccc21. The highest BCUT2D eigenvalue weighted by Gasteiger charge is 2.33. The first-order chi connectivity index (χ1) is 9.51. The minimum atomic E-state index is -4.10. The molecule has 0 spiro atoms. The van der Waals surface area contributed by atoms with Gasteiger partial charge in [0.15, 0.2) is 0 Å². The van der Waals surface area contributed by atoms with Crippen LogP contribution in [0.5, 0.6) is 5.75 Å². The molecule has 0 fully saturated rings.